The summed E-state index contributed by atoms with van der Waals surface area (Å²) in [5.74, 6) is -0.965. The first-order valence-electron chi connectivity index (χ1n) is 7.97. The number of nitrogens with zero attached hydrogens (tertiary/aromatic N) is 3. The van der Waals surface area contributed by atoms with Gasteiger partial charge in [0.1, 0.15) is 6.33 Å². The van der Waals surface area contributed by atoms with Gasteiger partial charge in [-0.25, -0.2) is 9.78 Å². The van der Waals surface area contributed by atoms with E-state index in [2.05, 4.69) is 11.1 Å². The number of aromatic nitrogens is 2. The molecular formula is C21H13N3O2. The van der Waals surface area contributed by atoms with Crippen molar-refractivity contribution < 1.29 is 9.90 Å². The van der Waals surface area contributed by atoms with Gasteiger partial charge in [0.25, 0.3) is 0 Å². The zero-order valence-corrected chi connectivity index (χ0v) is 13.6. The lowest BCUT2D eigenvalue weighted by atomic mass is 10.0. The number of carbonyl (C=O) groups is 1. The van der Waals surface area contributed by atoms with E-state index in [1.807, 2.05) is 47.0 Å². The van der Waals surface area contributed by atoms with E-state index in [4.69, 9.17) is 5.26 Å². The molecule has 4 rings (SSSR count). The molecule has 0 aliphatic heterocycles. The van der Waals surface area contributed by atoms with Crippen LogP contribution in [0.4, 0.5) is 0 Å². The number of hydrogen-bond donors (Lipinski definition) is 1. The second-order valence-corrected chi connectivity index (χ2v) is 5.86. The molecule has 0 saturated carbocycles. The predicted molar refractivity (Wildman–Crippen MR) is 98.2 cm³/mol. The summed E-state index contributed by atoms with van der Waals surface area (Å²) in [6.45, 7) is 0. The highest BCUT2D eigenvalue weighted by Crippen LogP contribution is 2.24. The number of benzene rings is 3. The van der Waals surface area contributed by atoms with Crippen LogP contribution < -0.4 is 0 Å². The largest absolute Gasteiger partial charge is 0.478 e. The number of aromatic carboxylic acids is 1. The molecule has 0 fully saturated rings. The third-order valence-electron chi connectivity index (χ3n) is 4.26. The Hall–Kier alpha value is -3.91. The molecule has 0 aliphatic carbocycles. The standard InChI is InChI=1S/C21H13N3O2/c22-12-14-2-1-3-16(10-14)15-4-7-18(8-5-15)24-13-23-19-9-6-17(21(25)26)11-20(19)24/h1-11,13H,(H,25,26). The van der Waals surface area contributed by atoms with Gasteiger partial charge in [-0.05, 0) is 53.6 Å². The maximum absolute atomic E-state index is 11.2. The van der Waals surface area contributed by atoms with Crippen molar-refractivity contribution in [1.29, 1.82) is 5.26 Å². The van der Waals surface area contributed by atoms with E-state index >= 15 is 0 Å². The third-order valence-corrected chi connectivity index (χ3v) is 4.26. The predicted octanol–water partition coefficient (Wildman–Crippen LogP) is 4.26. The van der Waals surface area contributed by atoms with E-state index in [0.717, 1.165) is 27.8 Å². The van der Waals surface area contributed by atoms with Crippen LogP contribution in [0.15, 0.2) is 73.1 Å². The molecule has 4 aromatic rings. The summed E-state index contributed by atoms with van der Waals surface area (Å²) < 4.78 is 1.86. The molecule has 124 valence electrons. The van der Waals surface area contributed by atoms with Gasteiger partial charge < -0.3 is 5.11 Å². The van der Waals surface area contributed by atoms with Crippen molar-refractivity contribution in [3.8, 4) is 22.9 Å². The SMILES string of the molecule is N#Cc1cccc(-c2ccc(-n3cnc4ccc(C(=O)O)cc43)cc2)c1. The van der Waals surface area contributed by atoms with Gasteiger partial charge in [0.15, 0.2) is 0 Å². The van der Waals surface area contributed by atoms with Gasteiger partial charge in [-0.2, -0.15) is 5.26 Å². The molecule has 5 heteroatoms. The minimum absolute atomic E-state index is 0.226. The second-order valence-electron chi connectivity index (χ2n) is 5.86. The molecule has 5 nitrogen and oxygen atoms in total. The molecule has 26 heavy (non-hydrogen) atoms. The van der Waals surface area contributed by atoms with Crippen molar-refractivity contribution in [2.75, 3.05) is 0 Å². The lowest BCUT2D eigenvalue weighted by Crippen LogP contribution is -1.97. The Morgan fingerprint density at radius 3 is 2.54 bits per heavy atom. The fraction of sp³-hybridized carbons (Fsp3) is 0. The van der Waals surface area contributed by atoms with Crippen molar-refractivity contribution in [3.05, 3.63) is 84.2 Å². The van der Waals surface area contributed by atoms with Gasteiger partial charge in [0, 0.05) is 5.69 Å². The maximum atomic E-state index is 11.2. The van der Waals surface area contributed by atoms with Crippen LogP contribution in [0.1, 0.15) is 15.9 Å². The Morgan fingerprint density at radius 1 is 1.00 bits per heavy atom. The molecular weight excluding hydrogens is 326 g/mol. The number of carboxylic acid groups (broad SMARTS) is 1. The zero-order valence-electron chi connectivity index (χ0n) is 13.6. The number of hydrogen-bond acceptors (Lipinski definition) is 3. The minimum atomic E-state index is -0.965. The van der Waals surface area contributed by atoms with Crippen molar-refractivity contribution in [3.63, 3.8) is 0 Å². The van der Waals surface area contributed by atoms with E-state index in [9.17, 15) is 9.90 Å². The van der Waals surface area contributed by atoms with Gasteiger partial charge in [0.05, 0.1) is 28.2 Å². The van der Waals surface area contributed by atoms with Crippen LogP contribution in [0, 0.1) is 11.3 Å². The number of imidazole rings is 1. The normalized spacial score (nSPS) is 10.6. The summed E-state index contributed by atoms with van der Waals surface area (Å²) >= 11 is 0. The van der Waals surface area contributed by atoms with Crippen LogP contribution in [0.5, 0.6) is 0 Å². The third kappa shape index (κ3) is 2.70. The van der Waals surface area contributed by atoms with Crippen LogP contribution in [0.25, 0.3) is 27.8 Å². The van der Waals surface area contributed by atoms with Crippen LogP contribution >= 0.6 is 0 Å². The van der Waals surface area contributed by atoms with E-state index < -0.39 is 5.97 Å². The average Bonchev–Trinajstić information content (AvgIpc) is 3.11. The van der Waals surface area contributed by atoms with Crippen molar-refractivity contribution >= 4 is 17.0 Å². The Morgan fingerprint density at radius 2 is 1.81 bits per heavy atom. The topological polar surface area (TPSA) is 78.9 Å². The lowest BCUT2D eigenvalue weighted by Gasteiger charge is -2.07. The van der Waals surface area contributed by atoms with Gasteiger partial charge in [-0.1, -0.05) is 24.3 Å². The summed E-state index contributed by atoms with van der Waals surface area (Å²) in [6, 6.07) is 22.3. The van der Waals surface area contributed by atoms with E-state index in [1.54, 1.807) is 30.6 Å². The van der Waals surface area contributed by atoms with Gasteiger partial charge in [0.2, 0.25) is 0 Å². The molecule has 0 spiro atoms. The summed E-state index contributed by atoms with van der Waals surface area (Å²) in [4.78, 5) is 15.5. The smallest absolute Gasteiger partial charge is 0.335 e. The molecule has 1 N–H and O–H groups in total. The monoisotopic (exact) mass is 339 g/mol. The summed E-state index contributed by atoms with van der Waals surface area (Å²) in [6.07, 6.45) is 1.68. The van der Waals surface area contributed by atoms with Crippen LogP contribution in [-0.4, -0.2) is 20.6 Å². The number of rotatable bonds is 3. The highest BCUT2D eigenvalue weighted by atomic mass is 16.4. The number of fused-ring (bicyclic) bond motifs is 1. The molecule has 1 heterocycles. The first kappa shape index (κ1) is 15.6. The summed E-state index contributed by atoms with van der Waals surface area (Å²) in [5.41, 5.74) is 5.18. The van der Waals surface area contributed by atoms with Gasteiger partial charge >= 0.3 is 5.97 Å². The number of carboxylic acids is 1. The highest BCUT2D eigenvalue weighted by Gasteiger charge is 2.09. The maximum Gasteiger partial charge on any atom is 0.335 e. The Labute approximate surface area is 149 Å². The van der Waals surface area contributed by atoms with E-state index in [-0.39, 0.29) is 5.56 Å². The first-order chi connectivity index (χ1) is 12.7. The Kier molecular flexibility index (Phi) is 3.71. The molecule has 0 aliphatic rings. The molecule has 1 aromatic heterocycles. The quantitative estimate of drug-likeness (QED) is 0.605. The highest BCUT2D eigenvalue weighted by molar-refractivity contribution is 5.92. The van der Waals surface area contributed by atoms with Crippen molar-refractivity contribution in [2.24, 2.45) is 0 Å². The first-order valence-corrected chi connectivity index (χ1v) is 7.97. The molecule has 0 bridgehead atoms. The summed E-state index contributed by atoms with van der Waals surface area (Å²) in [5, 5.41) is 18.2. The molecule has 0 unspecified atom stereocenters. The van der Waals surface area contributed by atoms with Gasteiger partial charge in [-0.3, -0.25) is 4.57 Å². The fourth-order valence-electron chi connectivity index (χ4n) is 2.93. The Bertz CT molecular complexity index is 1170. The van der Waals surface area contributed by atoms with E-state index in [0.29, 0.717) is 5.56 Å². The molecule has 0 atom stereocenters. The van der Waals surface area contributed by atoms with E-state index in [1.165, 1.54) is 0 Å². The fourth-order valence-corrected chi connectivity index (χ4v) is 2.93. The lowest BCUT2D eigenvalue weighted by molar-refractivity contribution is 0.0697. The van der Waals surface area contributed by atoms with Crippen molar-refractivity contribution in [1.82, 2.24) is 9.55 Å². The molecule has 0 radical (unpaired) electrons. The van der Waals surface area contributed by atoms with Crippen molar-refractivity contribution in [2.45, 2.75) is 0 Å². The molecule has 0 amide bonds. The van der Waals surface area contributed by atoms with Crippen LogP contribution in [0.3, 0.4) is 0 Å². The van der Waals surface area contributed by atoms with Crippen LogP contribution in [0.2, 0.25) is 0 Å². The summed E-state index contributed by atoms with van der Waals surface area (Å²) in [7, 11) is 0. The zero-order chi connectivity index (χ0) is 18.1. The van der Waals surface area contributed by atoms with Gasteiger partial charge in [-0.15, -0.1) is 0 Å². The molecule has 0 saturated heterocycles. The minimum Gasteiger partial charge on any atom is -0.478 e. The average molecular weight is 339 g/mol. The molecule has 3 aromatic carbocycles. The van der Waals surface area contributed by atoms with Crippen LogP contribution in [-0.2, 0) is 0 Å². The Balaban J connectivity index is 1.75. The second kappa shape index (κ2) is 6.19. The number of nitriles is 1.